The number of hydrogen-bond donors (Lipinski definition) is 1. The SMILES string of the molecule is COc1cc(Br)cc(F)c1C(C)ON. The van der Waals surface area contributed by atoms with Crippen LogP contribution in [-0.4, -0.2) is 7.11 Å². The van der Waals surface area contributed by atoms with E-state index in [1.54, 1.807) is 13.0 Å². The van der Waals surface area contributed by atoms with E-state index in [1.165, 1.54) is 13.2 Å². The Kier molecular flexibility index (Phi) is 3.86. The second kappa shape index (κ2) is 4.72. The highest BCUT2D eigenvalue weighted by Gasteiger charge is 2.17. The molecule has 1 unspecified atom stereocenters. The summed E-state index contributed by atoms with van der Waals surface area (Å²) in [6.07, 6.45) is -0.543. The lowest BCUT2D eigenvalue weighted by Gasteiger charge is -2.14. The van der Waals surface area contributed by atoms with Crippen molar-refractivity contribution in [3.8, 4) is 5.75 Å². The molecule has 5 heteroatoms. The first-order valence-electron chi connectivity index (χ1n) is 3.98. The summed E-state index contributed by atoms with van der Waals surface area (Å²) in [4.78, 5) is 4.56. The van der Waals surface area contributed by atoms with Crippen molar-refractivity contribution in [2.45, 2.75) is 13.0 Å². The summed E-state index contributed by atoms with van der Waals surface area (Å²) < 4.78 is 19.1. The molecular weight excluding hydrogens is 253 g/mol. The van der Waals surface area contributed by atoms with E-state index in [-0.39, 0.29) is 0 Å². The molecule has 1 aromatic rings. The Morgan fingerprint density at radius 2 is 2.14 bits per heavy atom. The molecule has 2 N–H and O–H groups in total. The van der Waals surface area contributed by atoms with Gasteiger partial charge >= 0.3 is 0 Å². The first-order chi connectivity index (χ1) is 6.60. The van der Waals surface area contributed by atoms with Gasteiger partial charge in [0.15, 0.2) is 0 Å². The first-order valence-corrected chi connectivity index (χ1v) is 4.78. The van der Waals surface area contributed by atoms with Crippen LogP contribution in [0.4, 0.5) is 4.39 Å². The smallest absolute Gasteiger partial charge is 0.133 e. The average molecular weight is 264 g/mol. The lowest BCUT2D eigenvalue weighted by Crippen LogP contribution is -2.09. The minimum Gasteiger partial charge on any atom is -0.496 e. The van der Waals surface area contributed by atoms with Crippen LogP contribution in [-0.2, 0) is 4.84 Å². The Morgan fingerprint density at radius 3 is 2.64 bits per heavy atom. The number of methoxy groups -OCH3 is 1. The van der Waals surface area contributed by atoms with E-state index in [4.69, 9.17) is 10.6 Å². The second-order valence-corrected chi connectivity index (χ2v) is 3.70. The summed E-state index contributed by atoms with van der Waals surface area (Å²) in [6.45, 7) is 1.65. The van der Waals surface area contributed by atoms with Crippen molar-refractivity contribution in [2.24, 2.45) is 5.90 Å². The molecule has 0 aliphatic carbocycles. The number of hydrogen-bond acceptors (Lipinski definition) is 3. The molecule has 0 aromatic heterocycles. The summed E-state index contributed by atoms with van der Waals surface area (Å²) in [7, 11) is 1.47. The van der Waals surface area contributed by atoms with E-state index in [2.05, 4.69) is 20.8 Å². The molecule has 0 saturated heterocycles. The summed E-state index contributed by atoms with van der Waals surface area (Å²) in [5.41, 5.74) is 0.318. The van der Waals surface area contributed by atoms with E-state index >= 15 is 0 Å². The topological polar surface area (TPSA) is 44.5 Å². The lowest BCUT2D eigenvalue weighted by atomic mass is 10.1. The summed E-state index contributed by atoms with van der Waals surface area (Å²) in [5, 5.41) is 0. The molecule has 78 valence electrons. The third kappa shape index (κ3) is 2.23. The van der Waals surface area contributed by atoms with Gasteiger partial charge in [-0.25, -0.2) is 10.3 Å². The monoisotopic (exact) mass is 263 g/mol. The first kappa shape index (κ1) is 11.4. The fraction of sp³-hybridized carbons (Fsp3) is 0.333. The third-order valence-electron chi connectivity index (χ3n) is 1.89. The molecule has 0 fully saturated rings. The van der Waals surface area contributed by atoms with Gasteiger partial charge in [0.1, 0.15) is 17.7 Å². The standard InChI is InChI=1S/C9H11BrFNO2/c1-5(14-12)9-7(11)3-6(10)4-8(9)13-2/h3-5H,12H2,1-2H3. The fourth-order valence-electron chi connectivity index (χ4n) is 1.19. The van der Waals surface area contributed by atoms with Gasteiger partial charge in [-0.3, -0.25) is 4.84 Å². The van der Waals surface area contributed by atoms with Gasteiger partial charge < -0.3 is 4.74 Å². The number of halogens is 2. The Labute approximate surface area is 90.1 Å². The van der Waals surface area contributed by atoms with E-state index < -0.39 is 11.9 Å². The van der Waals surface area contributed by atoms with Gasteiger partial charge in [-0.05, 0) is 19.1 Å². The van der Waals surface area contributed by atoms with Crippen molar-refractivity contribution in [1.29, 1.82) is 0 Å². The predicted molar refractivity (Wildman–Crippen MR) is 54.3 cm³/mol. The van der Waals surface area contributed by atoms with Crippen LogP contribution < -0.4 is 10.6 Å². The molecule has 0 aliphatic rings. The highest BCUT2D eigenvalue weighted by atomic mass is 79.9. The van der Waals surface area contributed by atoms with Gasteiger partial charge in [-0.2, -0.15) is 0 Å². The zero-order valence-corrected chi connectivity index (χ0v) is 9.47. The molecule has 1 rings (SSSR count). The lowest BCUT2D eigenvalue weighted by molar-refractivity contribution is 0.0619. The van der Waals surface area contributed by atoms with E-state index in [0.29, 0.717) is 15.8 Å². The van der Waals surface area contributed by atoms with Crippen molar-refractivity contribution in [3.63, 3.8) is 0 Å². The molecule has 0 aliphatic heterocycles. The normalized spacial score (nSPS) is 12.6. The molecule has 3 nitrogen and oxygen atoms in total. The molecule has 1 atom stereocenters. The number of rotatable bonds is 3. The van der Waals surface area contributed by atoms with E-state index in [1.807, 2.05) is 0 Å². The molecule has 0 bridgehead atoms. The third-order valence-corrected chi connectivity index (χ3v) is 2.34. The molecule has 0 radical (unpaired) electrons. The van der Waals surface area contributed by atoms with Gasteiger partial charge in [0, 0.05) is 4.47 Å². The van der Waals surface area contributed by atoms with E-state index in [0.717, 1.165) is 0 Å². The molecule has 0 saturated carbocycles. The molecule has 14 heavy (non-hydrogen) atoms. The van der Waals surface area contributed by atoms with Gasteiger partial charge in [-0.1, -0.05) is 15.9 Å². The fourth-order valence-corrected chi connectivity index (χ4v) is 1.60. The molecule has 0 spiro atoms. The van der Waals surface area contributed by atoms with Crippen LogP contribution in [0.15, 0.2) is 16.6 Å². The number of nitrogens with two attached hydrogens (primary N) is 1. The number of ether oxygens (including phenoxy) is 1. The zero-order valence-electron chi connectivity index (χ0n) is 7.88. The highest BCUT2D eigenvalue weighted by molar-refractivity contribution is 9.10. The maximum absolute atomic E-state index is 13.5. The highest BCUT2D eigenvalue weighted by Crippen LogP contribution is 2.32. The van der Waals surface area contributed by atoms with Crippen LogP contribution in [0.1, 0.15) is 18.6 Å². The average Bonchev–Trinajstić information content (AvgIpc) is 2.15. The van der Waals surface area contributed by atoms with Gasteiger partial charge in [0.25, 0.3) is 0 Å². The second-order valence-electron chi connectivity index (χ2n) is 2.78. The van der Waals surface area contributed by atoms with Gasteiger partial charge in [0.2, 0.25) is 0 Å². The van der Waals surface area contributed by atoms with E-state index in [9.17, 15) is 4.39 Å². The van der Waals surface area contributed by atoms with Crippen LogP contribution in [0.3, 0.4) is 0 Å². The van der Waals surface area contributed by atoms with Crippen molar-refractivity contribution in [2.75, 3.05) is 7.11 Å². The maximum Gasteiger partial charge on any atom is 0.133 e. The summed E-state index contributed by atoms with van der Waals surface area (Å²) >= 11 is 3.17. The Balaban J connectivity index is 3.24. The van der Waals surface area contributed by atoms with Crippen molar-refractivity contribution in [1.82, 2.24) is 0 Å². The van der Waals surface area contributed by atoms with Crippen LogP contribution in [0.5, 0.6) is 5.75 Å². The van der Waals surface area contributed by atoms with Crippen molar-refractivity contribution in [3.05, 3.63) is 28.0 Å². The molecule has 1 aromatic carbocycles. The molecular formula is C9H11BrFNO2. The summed E-state index contributed by atoms with van der Waals surface area (Å²) in [6, 6.07) is 3.00. The Morgan fingerprint density at radius 1 is 1.50 bits per heavy atom. The summed E-state index contributed by atoms with van der Waals surface area (Å²) in [5.74, 6) is 5.00. The Hall–Kier alpha value is -0.650. The van der Waals surface area contributed by atoms with Crippen LogP contribution in [0.2, 0.25) is 0 Å². The minimum absolute atomic E-state index is 0.318. The molecule has 0 amide bonds. The van der Waals surface area contributed by atoms with Gasteiger partial charge in [0.05, 0.1) is 12.7 Å². The predicted octanol–water partition coefficient (Wildman–Crippen LogP) is 2.55. The van der Waals surface area contributed by atoms with Crippen LogP contribution >= 0.6 is 15.9 Å². The van der Waals surface area contributed by atoms with Gasteiger partial charge in [-0.15, -0.1) is 0 Å². The zero-order chi connectivity index (χ0) is 10.7. The van der Waals surface area contributed by atoms with Crippen molar-refractivity contribution < 1.29 is 14.0 Å². The number of benzene rings is 1. The molecule has 0 heterocycles. The minimum atomic E-state index is -0.543. The quantitative estimate of drug-likeness (QED) is 0.853. The maximum atomic E-state index is 13.5. The van der Waals surface area contributed by atoms with Crippen LogP contribution in [0, 0.1) is 5.82 Å². The largest absolute Gasteiger partial charge is 0.496 e. The van der Waals surface area contributed by atoms with Crippen LogP contribution in [0.25, 0.3) is 0 Å². The van der Waals surface area contributed by atoms with Crippen molar-refractivity contribution >= 4 is 15.9 Å². The Bertz CT molecular complexity index is 333.